The van der Waals surface area contributed by atoms with Gasteiger partial charge in [0.2, 0.25) is 11.8 Å². The van der Waals surface area contributed by atoms with Crippen LogP contribution in [0.5, 0.6) is 0 Å². The molecule has 0 saturated heterocycles. The van der Waals surface area contributed by atoms with Crippen LogP contribution in [0.1, 0.15) is 30.5 Å². The minimum atomic E-state index is -4.20. The zero-order valence-electron chi connectivity index (χ0n) is 24.8. The minimum absolute atomic E-state index is 0.0322. The Morgan fingerprint density at radius 2 is 1.39 bits per heavy atom. The summed E-state index contributed by atoms with van der Waals surface area (Å²) in [7, 11) is -4.20. The van der Waals surface area contributed by atoms with Crippen LogP contribution in [0.25, 0.3) is 0 Å². The van der Waals surface area contributed by atoms with Gasteiger partial charge in [-0.05, 0) is 79.9 Å². The van der Waals surface area contributed by atoms with Crippen LogP contribution in [0.3, 0.4) is 0 Å². The monoisotopic (exact) mass is 651 g/mol. The van der Waals surface area contributed by atoms with E-state index < -0.39 is 28.5 Å². The number of halogens is 2. The molecule has 230 valence electrons. The molecular weight excluding hydrogens is 617 g/mol. The largest absolute Gasteiger partial charge is 0.352 e. The van der Waals surface area contributed by atoms with Crippen LogP contribution in [0.4, 0.5) is 5.69 Å². The number of sulfonamides is 1. The third kappa shape index (κ3) is 8.40. The number of nitrogens with one attached hydrogen (secondary N) is 1. The smallest absolute Gasteiger partial charge is 0.264 e. The zero-order valence-corrected chi connectivity index (χ0v) is 27.1. The number of benzene rings is 4. The third-order valence-electron chi connectivity index (χ3n) is 7.01. The molecule has 4 rings (SSSR count). The molecule has 0 aliphatic rings. The molecule has 44 heavy (non-hydrogen) atoms. The number of carbonyl (C=O) groups is 2. The lowest BCUT2D eigenvalue weighted by molar-refractivity contribution is -0.140. The van der Waals surface area contributed by atoms with Gasteiger partial charge in [-0.1, -0.05) is 83.9 Å². The molecule has 0 radical (unpaired) electrons. The van der Waals surface area contributed by atoms with E-state index in [1.165, 1.54) is 17.0 Å². The van der Waals surface area contributed by atoms with E-state index in [1.54, 1.807) is 67.6 Å². The van der Waals surface area contributed by atoms with Gasteiger partial charge in [0.05, 0.1) is 10.6 Å². The lowest BCUT2D eigenvalue weighted by Gasteiger charge is -2.34. The standard InChI is InChI=1S/C34H35Cl2N3O4S/c1-24(2)37-34(41)32(21-26-10-6-4-7-11-26)38(22-27-14-16-28(35)17-15-27)33(40)23-39(31-19-18-29(36)20-25(31)3)44(42,43)30-12-8-5-9-13-30/h4-20,24,32H,21-23H2,1-3H3,(H,37,41)/t32-/m0/s1. The van der Waals surface area contributed by atoms with E-state index >= 15 is 0 Å². The second-order valence-electron chi connectivity index (χ2n) is 10.8. The Bertz CT molecular complexity index is 1680. The fourth-order valence-electron chi connectivity index (χ4n) is 4.85. The van der Waals surface area contributed by atoms with E-state index in [-0.39, 0.29) is 29.8 Å². The highest BCUT2D eigenvalue weighted by Crippen LogP contribution is 2.29. The van der Waals surface area contributed by atoms with Crippen LogP contribution in [-0.2, 0) is 32.6 Å². The molecule has 0 fully saturated rings. The van der Waals surface area contributed by atoms with E-state index in [4.69, 9.17) is 23.2 Å². The number of hydrogen-bond donors (Lipinski definition) is 1. The summed E-state index contributed by atoms with van der Waals surface area (Å²) in [6.07, 6.45) is 0.226. The number of hydrogen-bond acceptors (Lipinski definition) is 4. The van der Waals surface area contributed by atoms with Crippen molar-refractivity contribution in [3.63, 3.8) is 0 Å². The molecule has 0 heterocycles. The molecule has 0 aromatic heterocycles. The summed E-state index contributed by atoms with van der Waals surface area (Å²) in [5.74, 6) is -0.889. The average Bonchev–Trinajstić information content (AvgIpc) is 2.99. The fraction of sp³-hybridized carbons (Fsp3) is 0.235. The number of aryl methyl sites for hydroxylation is 1. The summed E-state index contributed by atoms with van der Waals surface area (Å²) >= 11 is 12.3. The number of anilines is 1. The molecule has 4 aromatic carbocycles. The second kappa shape index (κ2) is 14.8. The zero-order chi connectivity index (χ0) is 31.9. The highest BCUT2D eigenvalue weighted by Gasteiger charge is 2.35. The Hall–Kier alpha value is -3.85. The van der Waals surface area contributed by atoms with Crippen molar-refractivity contribution >= 4 is 50.7 Å². The van der Waals surface area contributed by atoms with Gasteiger partial charge in [0.15, 0.2) is 0 Å². The van der Waals surface area contributed by atoms with Gasteiger partial charge >= 0.3 is 0 Å². The number of rotatable bonds is 12. The molecule has 10 heteroatoms. The van der Waals surface area contributed by atoms with Gasteiger partial charge in [0, 0.05) is 29.1 Å². The van der Waals surface area contributed by atoms with Crippen molar-refractivity contribution in [2.45, 2.75) is 50.7 Å². The first-order valence-corrected chi connectivity index (χ1v) is 16.4. The molecule has 2 amide bonds. The molecule has 0 aliphatic carbocycles. The maximum absolute atomic E-state index is 14.5. The topological polar surface area (TPSA) is 86.8 Å². The first-order chi connectivity index (χ1) is 21.0. The summed E-state index contributed by atoms with van der Waals surface area (Å²) in [5, 5.41) is 3.92. The van der Waals surface area contributed by atoms with Gasteiger partial charge in [-0.15, -0.1) is 0 Å². The Morgan fingerprint density at radius 1 is 0.795 bits per heavy atom. The van der Waals surface area contributed by atoms with Crippen molar-refractivity contribution in [3.8, 4) is 0 Å². The quantitative estimate of drug-likeness (QED) is 0.186. The Balaban J connectivity index is 1.82. The molecule has 1 N–H and O–H groups in total. The fourth-order valence-corrected chi connectivity index (χ4v) is 6.71. The van der Waals surface area contributed by atoms with E-state index in [1.807, 2.05) is 44.2 Å². The predicted octanol–water partition coefficient (Wildman–Crippen LogP) is 6.66. The average molecular weight is 653 g/mol. The predicted molar refractivity (Wildman–Crippen MR) is 176 cm³/mol. The molecule has 0 spiro atoms. The van der Waals surface area contributed by atoms with E-state index in [0.717, 1.165) is 15.4 Å². The summed E-state index contributed by atoms with van der Waals surface area (Å²) in [5.41, 5.74) is 2.47. The minimum Gasteiger partial charge on any atom is -0.352 e. The van der Waals surface area contributed by atoms with Gasteiger partial charge in [-0.3, -0.25) is 13.9 Å². The molecule has 0 aliphatic heterocycles. The van der Waals surface area contributed by atoms with Crippen LogP contribution in [0, 0.1) is 6.92 Å². The molecular formula is C34H35Cl2N3O4S. The van der Waals surface area contributed by atoms with Gasteiger partial charge in [0.25, 0.3) is 10.0 Å². The highest BCUT2D eigenvalue weighted by atomic mass is 35.5. The molecule has 0 unspecified atom stereocenters. The van der Waals surface area contributed by atoms with Gasteiger partial charge in [0.1, 0.15) is 12.6 Å². The van der Waals surface area contributed by atoms with Crippen LogP contribution in [0.15, 0.2) is 108 Å². The first-order valence-electron chi connectivity index (χ1n) is 14.2. The number of nitrogens with zero attached hydrogens (tertiary/aromatic N) is 2. The van der Waals surface area contributed by atoms with Crippen LogP contribution in [-0.4, -0.2) is 43.8 Å². The summed E-state index contributed by atoms with van der Waals surface area (Å²) in [4.78, 5) is 29.7. The van der Waals surface area contributed by atoms with E-state index in [9.17, 15) is 18.0 Å². The van der Waals surface area contributed by atoms with Crippen LogP contribution < -0.4 is 9.62 Å². The van der Waals surface area contributed by atoms with Crippen molar-refractivity contribution in [2.75, 3.05) is 10.8 Å². The van der Waals surface area contributed by atoms with Gasteiger partial charge in [-0.2, -0.15) is 0 Å². The van der Waals surface area contributed by atoms with Crippen LogP contribution in [0.2, 0.25) is 10.0 Å². The van der Waals surface area contributed by atoms with Crippen molar-refractivity contribution in [1.82, 2.24) is 10.2 Å². The van der Waals surface area contributed by atoms with Crippen molar-refractivity contribution in [1.29, 1.82) is 0 Å². The molecule has 0 saturated carbocycles. The molecule has 7 nitrogen and oxygen atoms in total. The normalized spacial score (nSPS) is 12.0. The number of carbonyl (C=O) groups excluding carboxylic acids is 2. The Labute approximate surface area is 269 Å². The summed E-state index contributed by atoms with van der Waals surface area (Å²) < 4.78 is 29.3. The second-order valence-corrected chi connectivity index (χ2v) is 13.5. The lowest BCUT2D eigenvalue weighted by Crippen LogP contribution is -2.54. The van der Waals surface area contributed by atoms with Crippen molar-refractivity contribution in [2.24, 2.45) is 0 Å². The highest BCUT2D eigenvalue weighted by molar-refractivity contribution is 7.92. The van der Waals surface area contributed by atoms with E-state index in [2.05, 4.69) is 5.32 Å². The van der Waals surface area contributed by atoms with Crippen LogP contribution >= 0.6 is 23.2 Å². The van der Waals surface area contributed by atoms with Crippen molar-refractivity contribution < 1.29 is 18.0 Å². The Kier molecular flexibility index (Phi) is 11.1. The first kappa shape index (κ1) is 33.1. The van der Waals surface area contributed by atoms with Gasteiger partial charge in [-0.25, -0.2) is 8.42 Å². The number of amides is 2. The lowest BCUT2D eigenvalue weighted by atomic mass is 10.0. The maximum atomic E-state index is 14.5. The summed E-state index contributed by atoms with van der Waals surface area (Å²) in [6, 6.07) is 28.0. The SMILES string of the molecule is Cc1cc(Cl)ccc1N(CC(=O)N(Cc1ccc(Cl)cc1)[C@@H](Cc1ccccc1)C(=O)NC(C)C)S(=O)(=O)c1ccccc1. The summed E-state index contributed by atoms with van der Waals surface area (Å²) in [6.45, 7) is 4.94. The third-order valence-corrected chi connectivity index (χ3v) is 9.27. The Morgan fingerprint density at radius 3 is 1.98 bits per heavy atom. The van der Waals surface area contributed by atoms with Crippen molar-refractivity contribution in [3.05, 3.63) is 130 Å². The molecule has 1 atom stereocenters. The molecule has 4 aromatic rings. The molecule has 0 bridgehead atoms. The maximum Gasteiger partial charge on any atom is 0.264 e. The van der Waals surface area contributed by atoms with Gasteiger partial charge < -0.3 is 10.2 Å². The van der Waals surface area contributed by atoms with E-state index in [0.29, 0.717) is 21.3 Å².